The number of hydrogen-bond donors (Lipinski definition) is 0. The van der Waals surface area contributed by atoms with Crippen LogP contribution in [0.2, 0.25) is 0 Å². The van der Waals surface area contributed by atoms with E-state index in [9.17, 15) is 9.13 Å². The Morgan fingerprint density at radius 2 is 2.00 bits per heavy atom. The van der Waals surface area contributed by atoms with Gasteiger partial charge in [0.15, 0.2) is 0 Å². The van der Waals surface area contributed by atoms with Gasteiger partial charge in [0.2, 0.25) is 0 Å². The van der Waals surface area contributed by atoms with Crippen molar-refractivity contribution in [3.05, 3.63) is 30.5 Å². The Balaban J connectivity index is 2.20. The van der Waals surface area contributed by atoms with Gasteiger partial charge < -0.3 is 4.90 Å². The second-order valence-electron chi connectivity index (χ2n) is 5.50. The Morgan fingerprint density at radius 1 is 1.23 bits per heavy atom. The van der Waals surface area contributed by atoms with Crippen LogP contribution in [0.25, 0.3) is 10.9 Å². The van der Waals surface area contributed by atoms with Crippen LogP contribution in [-0.2, 0) is 9.13 Å². The molecule has 1 aliphatic rings. The van der Waals surface area contributed by atoms with Crippen LogP contribution in [-0.4, -0.2) is 17.7 Å². The predicted octanol–water partition coefficient (Wildman–Crippen LogP) is 4.49. The van der Waals surface area contributed by atoms with Crippen molar-refractivity contribution >= 4 is 30.1 Å². The van der Waals surface area contributed by atoms with Gasteiger partial charge in [-0.3, -0.25) is 4.98 Å². The summed E-state index contributed by atoms with van der Waals surface area (Å²) in [6.07, 6.45) is 4.44. The number of pyridine rings is 1. The summed E-state index contributed by atoms with van der Waals surface area (Å²) in [7, 11) is -2.68. The van der Waals surface area contributed by atoms with E-state index in [1.54, 1.807) is 6.20 Å². The summed E-state index contributed by atoms with van der Waals surface area (Å²) in [5, 5.41) is 1.02. The van der Waals surface area contributed by atoms with E-state index in [0.717, 1.165) is 42.4 Å². The average Bonchev–Trinajstić information content (AvgIpc) is 2.86. The molecule has 1 unspecified atom stereocenters. The third-order valence-corrected chi connectivity index (χ3v) is 5.07. The summed E-state index contributed by atoms with van der Waals surface area (Å²) in [6.45, 7) is 4.96. The van der Waals surface area contributed by atoms with Gasteiger partial charge in [-0.25, -0.2) is 13.8 Å². The van der Waals surface area contributed by atoms with Crippen LogP contribution in [0.15, 0.2) is 30.5 Å². The van der Waals surface area contributed by atoms with E-state index < -0.39 is 7.83 Å². The monoisotopic (exact) mass is 317 g/mol. The molecule has 1 atom stereocenters. The first-order chi connectivity index (χ1) is 10.7. The van der Waals surface area contributed by atoms with Crippen molar-refractivity contribution in [3.8, 4) is 0 Å². The lowest BCUT2D eigenvalue weighted by molar-refractivity contribution is 0.495. The van der Waals surface area contributed by atoms with E-state index in [2.05, 4.69) is 23.7 Å². The summed E-state index contributed by atoms with van der Waals surface area (Å²) >= 11 is 0. The zero-order valence-electron chi connectivity index (χ0n) is 12.9. The summed E-state index contributed by atoms with van der Waals surface area (Å²) in [6, 6.07) is 7.90. The Hall–Kier alpha value is -1.87. The standard InChI is InChI=1S/C16H20N3O2P/c1-3-5-10-15-18(4-2)16-12-8-6-7-9-13(12)17-11-14(16)19(15)22(20)21/h6-9,11,15H,3-5,10H2,1-2H3. The third-order valence-electron chi connectivity index (χ3n) is 4.24. The number of nitrogens with zero attached hydrogens (tertiary/aromatic N) is 3. The zero-order valence-corrected chi connectivity index (χ0v) is 13.8. The van der Waals surface area contributed by atoms with Gasteiger partial charge in [-0.05, 0) is 25.8 Å². The maximum absolute atomic E-state index is 11.8. The molecule has 0 N–H and O–H groups in total. The first-order valence-electron chi connectivity index (χ1n) is 7.77. The predicted molar refractivity (Wildman–Crippen MR) is 88.8 cm³/mol. The van der Waals surface area contributed by atoms with Crippen LogP contribution < -0.4 is 9.57 Å². The Labute approximate surface area is 130 Å². The second kappa shape index (κ2) is 6.09. The minimum absolute atomic E-state index is 0.131. The van der Waals surface area contributed by atoms with Crippen LogP contribution in [0.5, 0.6) is 0 Å². The molecule has 22 heavy (non-hydrogen) atoms. The Bertz CT molecular complexity index is 752. The largest absolute Gasteiger partial charge is 0.428 e. The molecule has 1 aromatic carbocycles. The topological polar surface area (TPSA) is 53.5 Å². The summed E-state index contributed by atoms with van der Waals surface area (Å²) < 4.78 is 25.2. The molecular weight excluding hydrogens is 297 g/mol. The van der Waals surface area contributed by atoms with Crippen molar-refractivity contribution in [3.63, 3.8) is 0 Å². The van der Waals surface area contributed by atoms with E-state index in [-0.39, 0.29) is 6.17 Å². The number of para-hydroxylation sites is 1. The fraction of sp³-hybridized carbons (Fsp3) is 0.438. The van der Waals surface area contributed by atoms with Gasteiger partial charge in [0, 0.05) is 11.9 Å². The molecule has 2 aromatic rings. The lowest BCUT2D eigenvalue weighted by Gasteiger charge is -2.28. The molecule has 2 heterocycles. The molecule has 0 aliphatic carbocycles. The molecule has 116 valence electrons. The van der Waals surface area contributed by atoms with E-state index >= 15 is 0 Å². The van der Waals surface area contributed by atoms with Crippen molar-refractivity contribution in [1.82, 2.24) is 4.98 Å². The first-order valence-corrected chi connectivity index (χ1v) is 8.90. The van der Waals surface area contributed by atoms with Gasteiger partial charge in [-0.1, -0.05) is 31.5 Å². The minimum Gasteiger partial charge on any atom is -0.348 e. The zero-order chi connectivity index (χ0) is 15.7. The highest BCUT2D eigenvalue weighted by Gasteiger charge is 2.39. The highest BCUT2D eigenvalue weighted by Crippen LogP contribution is 2.48. The van der Waals surface area contributed by atoms with Gasteiger partial charge in [-0.2, -0.15) is 0 Å². The van der Waals surface area contributed by atoms with Crippen LogP contribution in [0, 0.1) is 0 Å². The molecule has 0 saturated heterocycles. The van der Waals surface area contributed by atoms with Crippen LogP contribution in [0.3, 0.4) is 0 Å². The molecule has 0 spiro atoms. The first kappa shape index (κ1) is 15.0. The van der Waals surface area contributed by atoms with Crippen molar-refractivity contribution in [1.29, 1.82) is 0 Å². The van der Waals surface area contributed by atoms with E-state index in [0.29, 0.717) is 5.69 Å². The Morgan fingerprint density at radius 3 is 2.68 bits per heavy atom. The number of fused-ring (bicyclic) bond motifs is 3. The van der Waals surface area contributed by atoms with E-state index in [4.69, 9.17) is 0 Å². The average molecular weight is 317 g/mol. The summed E-state index contributed by atoms with van der Waals surface area (Å²) in [5.41, 5.74) is 2.60. The fourth-order valence-corrected chi connectivity index (χ4v) is 4.04. The van der Waals surface area contributed by atoms with Crippen LogP contribution in [0.4, 0.5) is 11.4 Å². The molecule has 0 amide bonds. The lowest BCUT2D eigenvalue weighted by Crippen LogP contribution is -2.39. The number of hydrogen-bond acceptors (Lipinski definition) is 4. The van der Waals surface area contributed by atoms with Gasteiger partial charge in [0.05, 0.1) is 23.1 Å². The van der Waals surface area contributed by atoms with E-state index in [1.807, 2.05) is 24.3 Å². The highest BCUT2D eigenvalue weighted by atomic mass is 31.1. The van der Waals surface area contributed by atoms with Gasteiger partial charge in [0.1, 0.15) is 6.17 Å². The van der Waals surface area contributed by atoms with Crippen LogP contribution in [0.1, 0.15) is 33.1 Å². The highest BCUT2D eigenvalue weighted by molar-refractivity contribution is 7.33. The van der Waals surface area contributed by atoms with E-state index in [1.165, 1.54) is 4.67 Å². The smallest absolute Gasteiger partial charge is 0.348 e. The Kier molecular flexibility index (Phi) is 4.16. The van der Waals surface area contributed by atoms with Crippen molar-refractivity contribution in [2.45, 2.75) is 39.3 Å². The van der Waals surface area contributed by atoms with Gasteiger partial charge in [-0.15, -0.1) is 0 Å². The normalized spacial score (nSPS) is 17.1. The molecule has 0 bridgehead atoms. The van der Waals surface area contributed by atoms with Gasteiger partial charge >= 0.3 is 7.83 Å². The molecule has 5 nitrogen and oxygen atoms in total. The van der Waals surface area contributed by atoms with Crippen LogP contribution >= 0.6 is 7.83 Å². The molecule has 6 heteroatoms. The number of aromatic nitrogens is 1. The SMILES string of the molecule is CCCCC1N(CC)c2c(cnc3ccccc23)N1P(=O)=O. The molecule has 0 fully saturated rings. The molecular formula is C16H20N3O2P. The quantitative estimate of drug-likeness (QED) is 0.761. The molecule has 1 aliphatic heterocycles. The van der Waals surface area contributed by atoms with Gasteiger partial charge in [0.25, 0.3) is 0 Å². The fourth-order valence-electron chi connectivity index (χ4n) is 3.26. The maximum Gasteiger partial charge on any atom is 0.428 e. The van der Waals surface area contributed by atoms with Crippen molar-refractivity contribution < 1.29 is 9.13 Å². The summed E-state index contributed by atoms with van der Waals surface area (Å²) in [4.78, 5) is 6.63. The third kappa shape index (κ3) is 2.30. The number of rotatable bonds is 5. The van der Waals surface area contributed by atoms with Crippen molar-refractivity contribution in [2.75, 3.05) is 16.1 Å². The maximum atomic E-state index is 11.8. The second-order valence-corrected chi connectivity index (χ2v) is 6.41. The number of unbranched alkanes of at least 4 members (excludes halogenated alkanes) is 1. The molecule has 1 aromatic heterocycles. The molecule has 0 saturated carbocycles. The van der Waals surface area contributed by atoms with Crippen molar-refractivity contribution in [2.24, 2.45) is 0 Å². The number of benzene rings is 1. The number of anilines is 2. The lowest BCUT2D eigenvalue weighted by atomic mass is 10.1. The molecule has 3 rings (SSSR count). The minimum atomic E-state index is -2.68. The molecule has 0 radical (unpaired) electrons. The summed E-state index contributed by atoms with van der Waals surface area (Å²) in [5.74, 6) is 0.